The van der Waals surface area contributed by atoms with Gasteiger partial charge in [0, 0.05) is 30.2 Å². The summed E-state index contributed by atoms with van der Waals surface area (Å²) in [5.74, 6) is -1.86. The fourth-order valence-corrected chi connectivity index (χ4v) is 2.37. The molecule has 1 heterocycles. The minimum absolute atomic E-state index is 0.175. The molecule has 1 unspecified atom stereocenters. The van der Waals surface area contributed by atoms with Gasteiger partial charge in [-0.05, 0) is 12.1 Å². The first-order chi connectivity index (χ1) is 9.47. The molecule has 0 aromatic heterocycles. The molecule has 1 aromatic rings. The summed E-state index contributed by atoms with van der Waals surface area (Å²) in [4.78, 5) is 24.2. The SMILES string of the molecule is O=C(O)CC1C(=O)NCCN1Cc1ccc(Cl)cc1F. The van der Waals surface area contributed by atoms with E-state index in [1.165, 1.54) is 6.07 Å². The molecule has 1 fully saturated rings. The third kappa shape index (κ3) is 3.46. The summed E-state index contributed by atoms with van der Waals surface area (Å²) in [6.07, 6.45) is -0.305. The molecule has 2 N–H and O–H groups in total. The largest absolute Gasteiger partial charge is 0.481 e. The van der Waals surface area contributed by atoms with E-state index in [2.05, 4.69) is 5.32 Å². The van der Waals surface area contributed by atoms with Crippen LogP contribution in [0.1, 0.15) is 12.0 Å². The Kier molecular flexibility index (Phi) is 4.57. The van der Waals surface area contributed by atoms with Crippen molar-refractivity contribution in [1.82, 2.24) is 10.2 Å². The Morgan fingerprint density at radius 2 is 2.30 bits per heavy atom. The van der Waals surface area contributed by atoms with Gasteiger partial charge in [0.15, 0.2) is 0 Å². The molecule has 0 aliphatic carbocycles. The second-order valence-electron chi connectivity index (χ2n) is 4.61. The van der Waals surface area contributed by atoms with Crippen LogP contribution in [-0.2, 0) is 16.1 Å². The molecule has 0 saturated carbocycles. The van der Waals surface area contributed by atoms with Crippen LogP contribution in [0.4, 0.5) is 4.39 Å². The van der Waals surface area contributed by atoms with Crippen molar-refractivity contribution in [3.63, 3.8) is 0 Å². The maximum Gasteiger partial charge on any atom is 0.305 e. The standard InChI is InChI=1S/C13H14ClFN2O3/c14-9-2-1-8(10(15)5-9)7-17-4-3-16-13(20)11(17)6-12(18)19/h1-2,5,11H,3-4,6-7H2,(H,16,20)(H,18,19). The predicted octanol–water partition coefficient (Wildman–Crippen LogP) is 1.25. The highest BCUT2D eigenvalue weighted by Crippen LogP contribution is 2.19. The lowest BCUT2D eigenvalue weighted by Crippen LogP contribution is -2.55. The lowest BCUT2D eigenvalue weighted by molar-refractivity contribution is -0.143. The number of nitrogens with one attached hydrogen (secondary N) is 1. The highest BCUT2D eigenvalue weighted by molar-refractivity contribution is 6.30. The Hall–Kier alpha value is -1.66. The first kappa shape index (κ1) is 14.7. The molecule has 20 heavy (non-hydrogen) atoms. The molecule has 1 aliphatic heterocycles. The number of carbonyl (C=O) groups excluding carboxylic acids is 1. The Bertz CT molecular complexity index is 538. The van der Waals surface area contributed by atoms with Gasteiger partial charge in [-0.15, -0.1) is 0 Å². The van der Waals surface area contributed by atoms with Crippen molar-refractivity contribution in [3.05, 3.63) is 34.6 Å². The van der Waals surface area contributed by atoms with E-state index in [1.54, 1.807) is 17.0 Å². The lowest BCUT2D eigenvalue weighted by atomic mass is 10.1. The molecule has 1 aliphatic rings. The van der Waals surface area contributed by atoms with Crippen LogP contribution in [0.15, 0.2) is 18.2 Å². The number of carboxylic acid groups (broad SMARTS) is 1. The maximum absolute atomic E-state index is 13.8. The van der Waals surface area contributed by atoms with E-state index >= 15 is 0 Å². The molecule has 5 nitrogen and oxygen atoms in total. The zero-order chi connectivity index (χ0) is 14.7. The van der Waals surface area contributed by atoms with Crippen LogP contribution in [-0.4, -0.2) is 41.0 Å². The third-order valence-electron chi connectivity index (χ3n) is 3.20. The summed E-state index contributed by atoms with van der Waals surface area (Å²) in [5.41, 5.74) is 0.388. The topological polar surface area (TPSA) is 69.6 Å². The summed E-state index contributed by atoms with van der Waals surface area (Å²) in [6.45, 7) is 1.07. The number of nitrogens with zero attached hydrogens (tertiary/aromatic N) is 1. The molecule has 1 atom stereocenters. The summed E-state index contributed by atoms with van der Waals surface area (Å²) in [5, 5.41) is 11.8. The van der Waals surface area contributed by atoms with Gasteiger partial charge in [-0.2, -0.15) is 0 Å². The van der Waals surface area contributed by atoms with Crippen molar-refractivity contribution in [1.29, 1.82) is 0 Å². The number of piperazine rings is 1. The van der Waals surface area contributed by atoms with Gasteiger partial charge in [0.25, 0.3) is 0 Å². The van der Waals surface area contributed by atoms with Crippen LogP contribution in [0.25, 0.3) is 0 Å². The number of hydrogen-bond acceptors (Lipinski definition) is 3. The van der Waals surface area contributed by atoms with Crippen molar-refractivity contribution in [2.45, 2.75) is 19.0 Å². The van der Waals surface area contributed by atoms with Gasteiger partial charge in [-0.3, -0.25) is 14.5 Å². The molecule has 0 spiro atoms. The predicted molar refractivity (Wildman–Crippen MR) is 70.9 cm³/mol. The van der Waals surface area contributed by atoms with Gasteiger partial charge >= 0.3 is 5.97 Å². The van der Waals surface area contributed by atoms with Crippen molar-refractivity contribution < 1.29 is 19.1 Å². The number of benzene rings is 1. The fourth-order valence-electron chi connectivity index (χ4n) is 2.21. The Morgan fingerprint density at radius 3 is 2.95 bits per heavy atom. The summed E-state index contributed by atoms with van der Waals surface area (Å²) >= 11 is 5.68. The highest BCUT2D eigenvalue weighted by Gasteiger charge is 2.31. The van der Waals surface area contributed by atoms with Crippen LogP contribution >= 0.6 is 11.6 Å². The van der Waals surface area contributed by atoms with E-state index in [9.17, 15) is 14.0 Å². The number of amides is 1. The second kappa shape index (κ2) is 6.19. The van der Waals surface area contributed by atoms with Gasteiger partial charge < -0.3 is 10.4 Å². The Labute approximate surface area is 120 Å². The number of carboxylic acids is 1. The summed E-state index contributed by atoms with van der Waals surface area (Å²) in [6, 6.07) is 3.53. The van der Waals surface area contributed by atoms with Crippen LogP contribution in [0.5, 0.6) is 0 Å². The van der Waals surface area contributed by atoms with E-state index in [1.807, 2.05) is 0 Å². The molecular formula is C13H14ClFN2O3. The third-order valence-corrected chi connectivity index (χ3v) is 3.43. The smallest absolute Gasteiger partial charge is 0.305 e. The van der Waals surface area contributed by atoms with E-state index in [0.29, 0.717) is 23.7 Å². The van der Waals surface area contributed by atoms with Crippen molar-refractivity contribution in [2.75, 3.05) is 13.1 Å². The van der Waals surface area contributed by atoms with Gasteiger partial charge in [0.1, 0.15) is 11.9 Å². The molecule has 108 valence electrons. The molecule has 2 rings (SSSR count). The monoisotopic (exact) mass is 300 g/mol. The van der Waals surface area contributed by atoms with Crippen LogP contribution < -0.4 is 5.32 Å². The van der Waals surface area contributed by atoms with Gasteiger partial charge in [-0.1, -0.05) is 17.7 Å². The zero-order valence-electron chi connectivity index (χ0n) is 10.6. The zero-order valence-corrected chi connectivity index (χ0v) is 11.4. The summed E-state index contributed by atoms with van der Waals surface area (Å²) in [7, 11) is 0. The highest BCUT2D eigenvalue weighted by atomic mass is 35.5. The van der Waals surface area contributed by atoms with Gasteiger partial charge in [-0.25, -0.2) is 4.39 Å². The average molecular weight is 301 g/mol. The molecule has 1 saturated heterocycles. The molecular weight excluding hydrogens is 287 g/mol. The number of hydrogen-bond donors (Lipinski definition) is 2. The first-order valence-corrected chi connectivity index (χ1v) is 6.52. The average Bonchev–Trinajstić information content (AvgIpc) is 2.36. The number of halogens is 2. The van der Waals surface area contributed by atoms with E-state index < -0.39 is 17.8 Å². The second-order valence-corrected chi connectivity index (χ2v) is 5.05. The Balaban J connectivity index is 2.16. The van der Waals surface area contributed by atoms with E-state index in [-0.39, 0.29) is 18.9 Å². The molecule has 0 bridgehead atoms. The fraction of sp³-hybridized carbons (Fsp3) is 0.385. The van der Waals surface area contributed by atoms with Crippen molar-refractivity contribution in [2.24, 2.45) is 0 Å². The Morgan fingerprint density at radius 1 is 1.55 bits per heavy atom. The lowest BCUT2D eigenvalue weighted by Gasteiger charge is -2.34. The van der Waals surface area contributed by atoms with E-state index in [4.69, 9.17) is 16.7 Å². The number of rotatable bonds is 4. The minimum Gasteiger partial charge on any atom is -0.481 e. The first-order valence-electron chi connectivity index (χ1n) is 6.15. The quantitative estimate of drug-likeness (QED) is 0.878. The van der Waals surface area contributed by atoms with Gasteiger partial charge in [0.2, 0.25) is 5.91 Å². The molecule has 1 amide bonds. The maximum atomic E-state index is 13.8. The normalized spacial score (nSPS) is 19.7. The molecule has 0 radical (unpaired) electrons. The number of aliphatic carboxylic acids is 1. The van der Waals surface area contributed by atoms with Crippen molar-refractivity contribution in [3.8, 4) is 0 Å². The van der Waals surface area contributed by atoms with Crippen LogP contribution in [0.3, 0.4) is 0 Å². The molecule has 7 heteroatoms. The number of carbonyl (C=O) groups is 2. The van der Waals surface area contributed by atoms with Gasteiger partial charge in [0.05, 0.1) is 6.42 Å². The van der Waals surface area contributed by atoms with Crippen molar-refractivity contribution >= 4 is 23.5 Å². The van der Waals surface area contributed by atoms with Crippen LogP contribution in [0, 0.1) is 5.82 Å². The minimum atomic E-state index is -1.06. The summed E-state index contributed by atoms with van der Waals surface area (Å²) < 4.78 is 13.8. The van der Waals surface area contributed by atoms with E-state index in [0.717, 1.165) is 0 Å². The van der Waals surface area contributed by atoms with Crippen LogP contribution in [0.2, 0.25) is 5.02 Å². The molecule has 1 aromatic carbocycles.